The molecule has 0 radical (unpaired) electrons. The van der Waals surface area contributed by atoms with E-state index in [4.69, 9.17) is 0 Å². The molecule has 0 amide bonds. The molecule has 1 aliphatic rings. The molecule has 2 heterocycles. The van der Waals surface area contributed by atoms with Crippen LogP contribution in [-0.2, 0) is 25.9 Å². The maximum absolute atomic E-state index is 4.40. The van der Waals surface area contributed by atoms with Crippen LogP contribution in [0.5, 0.6) is 0 Å². The molecule has 0 spiro atoms. The van der Waals surface area contributed by atoms with Gasteiger partial charge in [-0.25, -0.2) is 0 Å². The standard InChI is InChI=1S/C20H30N6/c1-16-9-11-17(12-10-16)15-23-20(21-2)22-13-6-8-19-25-24-18-7-4-3-5-14-26(18)19/h9-12H,3-8,13-15H2,1-2H3,(H2,21,22,23). The molecule has 26 heavy (non-hydrogen) atoms. The quantitative estimate of drug-likeness (QED) is 0.475. The Hall–Kier alpha value is -2.37. The summed E-state index contributed by atoms with van der Waals surface area (Å²) in [4.78, 5) is 4.30. The monoisotopic (exact) mass is 354 g/mol. The number of fused-ring (bicyclic) bond motifs is 1. The minimum absolute atomic E-state index is 0.775. The fourth-order valence-corrected chi connectivity index (χ4v) is 3.30. The van der Waals surface area contributed by atoms with Gasteiger partial charge in [-0.15, -0.1) is 10.2 Å². The van der Waals surface area contributed by atoms with Crippen LogP contribution in [0.1, 0.15) is 48.5 Å². The number of guanidine groups is 1. The normalized spacial score (nSPS) is 14.6. The molecule has 0 saturated heterocycles. The summed E-state index contributed by atoms with van der Waals surface area (Å²) in [5, 5.41) is 15.5. The van der Waals surface area contributed by atoms with Crippen LogP contribution in [0.2, 0.25) is 0 Å². The smallest absolute Gasteiger partial charge is 0.191 e. The van der Waals surface area contributed by atoms with E-state index in [0.717, 1.165) is 50.7 Å². The summed E-state index contributed by atoms with van der Waals surface area (Å²) < 4.78 is 2.33. The minimum Gasteiger partial charge on any atom is -0.356 e. The molecular weight excluding hydrogens is 324 g/mol. The SMILES string of the molecule is CN=C(NCCCc1nnc2n1CCCCC2)NCc1ccc(C)cc1. The first-order chi connectivity index (χ1) is 12.8. The molecule has 1 aliphatic heterocycles. The summed E-state index contributed by atoms with van der Waals surface area (Å²) in [7, 11) is 1.81. The molecule has 3 rings (SSSR count). The maximum atomic E-state index is 4.40. The molecule has 1 aromatic heterocycles. The van der Waals surface area contributed by atoms with Gasteiger partial charge in [-0.3, -0.25) is 4.99 Å². The Morgan fingerprint density at radius 2 is 1.96 bits per heavy atom. The summed E-state index contributed by atoms with van der Waals surface area (Å²) in [5.41, 5.74) is 2.53. The molecule has 140 valence electrons. The topological polar surface area (TPSA) is 67.1 Å². The van der Waals surface area contributed by atoms with Crippen molar-refractivity contribution in [3.05, 3.63) is 47.0 Å². The van der Waals surface area contributed by atoms with Crippen LogP contribution in [-0.4, -0.2) is 34.3 Å². The Balaban J connectivity index is 1.41. The summed E-state index contributed by atoms with van der Waals surface area (Å²) >= 11 is 0. The molecule has 0 fully saturated rings. The average Bonchev–Trinajstić information content (AvgIpc) is 2.88. The third-order valence-corrected chi connectivity index (χ3v) is 4.86. The fraction of sp³-hybridized carbons (Fsp3) is 0.550. The van der Waals surface area contributed by atoms with Crippen LogP contribution in [0.15, 0.2) is 29.3 Å². The van der Waals surface area contributed by atoms with E-state index in [1.807, 2.05) is 7.05 Å². The molecule has 6 nitrogen and oxygen atoms in total. The second kappa shape index (κ2) is 9.36. The van der Waals surface area contributed by atoms with Crippen molar-refractivity contribution in [1.82, 2.24) is 25.4 Å². The van der Waals surface area contributed by atoms with Gasteiger partial charge in [-0.05, 0) is 31.7 Å². The van der Waals surface area contributed by atoms with Crippen molar-refractivity contribution in [3.63, 3.8) is 0 Å². The van der Waals surface area contributed by atoms with Gasteiger partial charge < -0.3 is 15.2 Å². The van der Waals surface area contributed by atoms with Gasteiger partial charge in [0, 0.05) is 39.5 Å². The number of nitrogens with zero attached hydrogens (tertiary/aromatic N) is 4. The lowest BCUT2D eigenvalue weighted by Crippen LogP contribution is -2.37. The zero-order chi connectivity index (χ0) is 18.2. The Bertz CT molecular complexity index is 716. The highest BCUT2D eigenvalue weighted by atomic mass is 15.3. The van der Waals surface area contributed by atoms with Crippen molar-refractivity contribution in [2.45, 2.75) is 58.5 Å². The Kier molecular flexibility index (Phi) is 6.63. The molecule has 0 aliphatic carbocycles. The van der Waals surface area contributed by atoms with Gasteiger partial charge in [0.05, 0.1) is 0 Å². The first kappa shape index (κ1) is 18.4. The van der Waals surface area contributed by atoms with Gasteiger partial charge in [0.1, 0.15) is 11.6 Å². The average molecular weight is 355 g/mol. The number of nitrogens with one attached hydrogen (secondary N) is 2. The van der Waals surface area contributed by atoms with Crippen LogP contribution < -0.4 is 10.6 Å². The number of benzene rings is 1. The van der Waals surface area contributed by atoms with E-state index in [1.54, 1.807) is 0 Å². The van der Waals surface area contributed by atoms with E-state index in [0.29, 0.717) is 0 Å². The van der Waals surface area contributed by atoms with Crippen molar-refractivity contribution in [2.24, 2.45) is 4.99 Å². The van der Waals surface area contributed by atoms with Crippen LogP contribution in [0.25, 0.3) is 0 Å². The minimum atomic E-state index is 0.775. The number of hydrogen-bond donors (Lipinski definition) is 2. The summed E-state index contributed by atoms with van der Waals surface area (Å²) in [6.45, 7) is 4.82. The van der Waals surface area contributed by atoms with Gasteiger partial charge in [-0.2, -0.15) is 0 Å². The summed E-state index contributed by atoms with van der Waals surface area (Å²) in [6.07, 6.45) is 6.82. The van der Waals surface area contributed by atoms with E-state index in [9.17, 15) is 0 Å². The molecule has 2 N–H and O–H groups in total. The number of aromatic nitrogens is 3. The molecule has 0 bridgehead atoms. The Labute approximate surface area is 156 Å². The molecule has 0 unspecified atom stereocenters. The van der Waals surface area contributed by atoms with Crippen LogP contribution in [0.4, 0.5) is 0 Å². The van der Waals surface area contributed by atoms with Gasteiger partial charge in [0.25, 0.3) is 0 Å². The van der Waals surface area contributed by atoms with Gasteiger partial charge in [0.2, 0.25) is 0 Å². The third kappa shape index (κ3) is 5.07. The highest BCUT2D eigenvalue weighted by Gasteiger charge is 2.14. The maximum Gasteiger partial charge on any atom is 0.191 e. The molecule has 0 atom stereocenters. The largest absolute Gasteiger partial charge is 0.356 e. The first-order valence-electron chi connectivity index (χ1n) is 9.67. The zero-order valence-electron chi connectivity index (χ0n) is 16.0. The van der Waals surface area contributed by atoms with Gasteiger partial charge >= 0.3 is 0 Å². The highest BCUT2D eigenvalue weighted by molar-refractivity contribution is 5.79. The second-order valence-corrected chi connectivity index (χ2v) is 6.94. The van der Waals surface area contributed by atoms with E-state index in [-0.39, 0.29) is 0 Å². The lowest BCUT2D eigenvalue weighted by atomic mass is 10.1. The Morgan fingerprint density at radius 1 is 1.12 bits per heavy atom. The van der Waals surface area contributed by atoms with E-state index >= 15 is 0 Å². The number of hydrogen-bond acceptors (Lipinski definition) is 3. The Morgan fingerprint density at radius 3 is 2.77 bits per heavy atom. The number of rotatable bonds is 6. The van der Waals surface area contributed by atoms with E-state index in [1.165, 1.54) is 36.2 Å². The van der Waals surface area contributed by atoms with Crippen molar-refractivity contribution < 1.29 is 0 Å². The zero-order valence-corrected chi connectivity index (χ0v) is 16.0. The molecule has 6 heteroatoms. The van der Waals surface area contributed by atoms with Crippen molar-refractivity contribution in [2.75, 3.05) is 13.6 Å². The van der Waals surface area contributed by atoms with Crippen LogP contribution in [0, 0.1) is 6.92 Å². The van der Waals surface area contributed by atoms with Crippen molar-refractivity contribution in [3.8, 4) is 0 Å². The lowest BCUT2D eigenvalue weighted by Gasteiger charge is -2.12. The van der Waals surface area contributed by atoms with E-state index in [2.05, 4.69) is 61.6 Å². The van der Waals surface area contributed by atoms with E-state index < -0.39 is 0 Å². The number of aryl methyl sites for hydroxylation is 3. The predicted octanol–water partition coefficient (Wildman–Crippen LogP) is 2.61. The predicted molar refractivity (Wildman–Crippen MR) is 105 cm³/mol. The first-order valence-corrected chi connectivity index (χ1v) is 9.67. The summed E-state index contributed by atoms with van der Waals surface area (Å²) in [5.74, 6) is 3.14. The second-order valence-electron chi connectivity index (χ2n) is 6.94. The fourth-order valence-electron chi connectivity index (χ4n) is 3.30. The lowest BCUT2D eigenvalue weighted by molar-refractivity contribution is 0.594. The van der Waals surface area contributed by atoms with Crippen LogP contribution in [0.3, 0.4) is 0 Å². The highest BCUT2D eigenvalue weighted by Crippen LogP contribution is 2.15. The molecular formula is C20H30N6. The molecule has 1 aromatic carbocycles. The summed E-state index contributed by atoms with van der Waals surface area (Å²) in [6, 6.07) is 8.56. The molecule has 0 saturated carbocycles. The van der Waals surface area contributed by atoms with Gasteiger partial charge in [0.15, 0.2) is 5.96 Å². The van der Waals surface area contributed by atoms with Crippen molar-refractivity contribution in [1.29, 1.82) is 0 Å². The van der Waals surface area contributed by atoms with Gasteiger partial charge in [-0.1, -0.05) is 36.2 Å². The van der Waals surface area contributed by atoms with Crippen molar-refractivity contribution >= 4 is 5.96 Å². The third-order valence-electron chi connectivity index (χ3n) is 4.86. The number of aliphatic imine (C=N–C) groups is 1. The van der Waals surface area contributed by atoms with Crippen LogP contribution >= 0.6 is 0 Å². The molecule has 2 aromatic rings.